The largest absolute Gasteiger partial charge is 0.485 e. The van der Waals surface area contributed by atoms with Crippen molar-refractivity contribution in [2.45, 2.75) is 11.7 Å². The quantitative estimate of drug-likeness (QED) is 0.613. The number of nitrogens with zero attached hydrogens (tertiary/aromatic N) is 4. The Labute approximate surface area is 135 Å². The molecule has 0 radical (unpaired) electrons. The topological polar surface area (TPSA) is 155 Å². The molecule has 0 aliphatic carbocycles. The maximum absolute atomic E-state index is 11.7. The van der Waals surface area contributed by atoms with Crippen LogP contribution in [0.15, 0.2) is 18.3 Å². The van der Waals surface area contributed by atoms with E-state index in [1.807, 2.05) is 0 Å². The third-order valence-electron chi connectivity index (χ3n) is 3.80. The standard InChI is InChI=1S/C12H14N5O6P/c1-24(19,20)23-8-7-10(22-12(8,3-18)4-21-7)17-5-15-6-2-14-11(13)16-9(6)17/h2,5,8,18H,3-4H2,1H3,(H,19,20)(H2,13,14,16)/t8?,12-/m0/s1. The first-order chi connectivity index (χ1) is 11.3. The van der Waals surface area contributed by atoms with Gasteiger partial charge < -0.3 is 25.2 Å². The third kappa shape index (κ3) is 2.17. The Balaban J connectivity index is 1.84. The first kappa shape index (κ1) is 15.3. The Kier molecular flexibility index (Phi) is 3.13. The van der Waals surface area contributed by atoms with Crippen LogP contribution in [0.25, 0.3) is 17.0 Å². The first-order valence-corrected chi connectivity index (χ1v) is 8.97. The number of aromatic nitrogens is 4. The van der Waals surface area contributed by atoms with E-state index in [1.165, 1.54) is 17.1 Å². The zero-order valence-electron chi connectivity index (χ0n) is 12.5. The number of anilines is 1. The summed E-state index contributed by atoms with van der Waals surface area (Å²) >= 11 is 0. The number of ether oxygens (including phenoxy) is 2. The molecule has 4 rings (SSSR count). The van der Waals surface area contributed by atoms with E-state index >= 15 is 0 Å². The molecule has 2 aliphatic rings. The number of hydrogen-bond donors (Lipinski definition) is 3. The van der Waals surface area contributed by atoms with Crippen LogP contribution in [-0.4, -0.2) is 61.1 Å². The van der Waals surface area contributed by atoms with Gasteiger partial charge >= 0.3 is 7.60 Å². The van der Waals surface area contributed by atoms with Crippen molar-refractivity contribution >= 4 is 30.6 Å². The lowest BCUT2D eigenvalue weighted by molar-refractivity contribution is -0.0667. The Morgan fingerprint density at radius 1 is 1.58 bits per heavy atom. The van der Waals surface area contributed by atoms with Crippen LogP contribution in [0.3, 0.4) is 0 Å². The molecule has 4 heterocycles. The van der Waals surface area contributed by atoms with E-state index in [2.05, 4.69) is 15.0 Å². The molecule has 11 nitrogen and oxygen atoms in total. The van der Waals surface area contributed by atoms with Gasteiger partial charge in [-0.15, -0.1) is 0 Å². The molecule has 2 aromatic heterocycles. The molecule has 0 spiro atoms. The Morgan fingerprint density at radius 2 is 2.38 bits per heavy atom. The van der Waals surface area contributed by atoms with E-state index in [1.54, 1.807) is 0 Å². The summed E-state index contributed by atoms with van der Waals surface area (Å²) in [5, 5.41) is 9.73. The molecule has 24 heavy (non-hydrogen) atoms. The first-order valence-electron chi connectivity index (χ1n) is 6.94. The smallest absolute Gasteiger partial charge is 0.325 e. The molecule has 2 unspecified atom stereocenters. The minimum absolute atomic E-state index is 0.00322. The second kappa shape index (κ2) is 4.90. The van der Waals surface area contributed by atoms with Gasteiger partial charge in [-0.05, 0) is 0 Å². The number of fused-ring (bicyclic) bond motifs is 3. The highest BCUT2D eigenvalue weighted by Crippen LogP contribution is 2.52. The highest BCUT2D eigenvalue weighted by atomic mass is 31.2. The predicted molar refractivity (Wildman–Crippen MR) is 80.4 cm³/mol. The van der Waals surface area contributed by atoms with E-state index in [0.29, 0.717) is 11.2 Å². The van der Waals surface area contributed by atoms with Crippen molar-refractivity contribution < 1.29 is 28.6 Å². The van der Waals surface area contributed by atoms with Crippen molar-refractivity contribution in [3.8, 4) is 0 Å². The predicted octanol–water partition coefficient (Wildman–Crippen LogP) is -0.474. The Hall–Kier alpha value is -2.20. The van der Waals surface area contributed by atoms with Gasteiger partial charge in [-0.3, -0.25) is 9.09 Å². The Bertz CT molecular complexity index is 906. The molecule has 2 bridgehead atoms. The zero-order valence-corrected chi connectivity index (χ0v) is 13.4. The highest BCUT2D eigenvalue weighted by molar-refractivity contribution is 7.51. The summed E-state index contributed by atoms with van der Waals surface area (Å²) in [6, 6.07) is 0. The number of imidazole rings is 1. The SMILES string of the molecule is CP(=O)(O)OC1C2=C(n3cnc4cnc(N)nc43)O[C@@]1(CO)CO2. The van der Waals surface area contributed by atoms with E-state index in [-0.39, 0.29) is 24.2 Å². The van der Waals surface area contributed by atoms with Gasteiger partial charge in [0.2, 0.25) is 17.4 Å². The summed E-state index contributed by atoms with van der Waals surface area (Å²) in [5.74, 6) is 0.419. The van der Waals surface area contributed by atoms with Gasteiger partial charge in [0.05, 0.1) is 12.8 Å². The minimum Gasteiger partial charge on any atom is -0.485 e. The summed E-state index contributed by atoms with van der Waals surface area (Å²) < 4.78 is 29.7. The lowest BCUT2D eigenvalue weighted by Gasteiger charge is -2.28. The molecular weight excluding hydrogens is 341 g/mol. The van der Waals surface area contributed by atoms with Crippen LogP contribution in [0.4, 0.5) is 5.95 Å². The average molecular weight is 355 g/mol. The van der Waals surface area contributed by atoms with Crippen LogP contribution in [0.1, 0.15) is 0 Å². The normalized spacial score (nSPS) is 28.0. The minimum atomic E-state index is -3.84. The summed E-state index contributed by atoms with van der Waals surface area (Å²) in [6.45, 7) is 0.585. The number of aliphatic hydroxyl groups is 1. The van der Waals surface area contributed by atoms with Gasteiger partial charge in [0.15, 0.2) is 17.5 Å². The fourth-order valence-corrected chi connectivity index (χ4v) is 3.41. The number of nitrogen functional groups attached to an aromatic ring is 1. The van der Waals surface area contributed by atoms with Crippen LogP contribution in [0.2, 0.25) is 0 Å². The molecule has 2 aromatic rings. The lowest BCUT2D eigenvalue weighted by atomic mass is 10.0. The summed E-state index contributed by atoms with van der Waals surface area (Å²) in [5.41, 5.74) is 5.15. The summed E-state index contributed by atoms with van der Waals surface area (Å²) in [7, 11) is -3.84. The molecule has 0 saturated carbocycles. The van der Waals surface area contributed by atoms with Gasteiger partial charge in [-0.1, -0.05) is 0 Å². The van der Waals surface area contributed by atoms with Crippen molar-refractivity contribution in [1.29, 1.82) is 0 Å². The van der Waals surface area contributed by atoms with Crippen molar-refractivity contribution in [1.82, 2.24) is 19.5 Å². The second-order valence-electron chi connectivity index (χ2n) is 5.62. The number of nitrogens with two attached hydrogens (primary N) is 1. The highest BCUT2D eigenvalue weighted by Gasteiger charge is 2.60. The van der Waals surface area contributed by atoms with Crippen molar-refractivity contribution in [3.05, 3.63) is 18.3 Å². The summed E-state index contributed by atoms with van der Waals surface area (Å²) in [4.78, 5) is 21.6. The van der Waals surface area contributed by atoms with Gasteiger partial charge in [-0.2, -0.15) is 4.98 Å². The van der Waals surface area contributed by atoms with Crippen LogP contribution in [0, 0.1) is 0 Å². The lowest BCUT2D eigenvalue weighted by Crippen LogP contribution is -2.45. The zero-order chi connectivity index (χ0) is 17.1. The van der Waals surface area contributed by atoms with Gasteiger partial charge in [0.1, 0.15) is 18.5 Å². The molecule has 1 fully saturated rings. The summed E-state index contributed by atoms with van der Waals surface area (Å²) in [6.07, 6.45) is 1.87. The molecule has 3 atom stereocenters. The van der Waals surface area contributed by atoms with Crippen LogP contribution >= 0.6 is 7.60 Å². The Morgan fingerprint density at radius 3 is 3.08 bits per heavy atom. The molecule has 4 N–H and O–H groups in total. The molecule has 0 aromatic carbocycles. The molecular formula is C12H14N5O6P. The van der Waals surface area contributed by atoms with Gasteiger partial charge in [0.25, 0.3) is 0 Å². The van der Waals surface area contributed by atoms with Crippen molar-refractivity contribution in [2.75, 3.05) is 25.6 Å². The van der Waals surface area contributed by atoms with Gasteiger partial charge in [-0.25, -0.2) is 14.5 Å². The monoisotopic (exact) mass is 355 g/mol. The third-order valence-corrected chi connectivity index (χ3v) is 4.40. The molecule has 1 saturated heterocycles. The molecule has 0 amide bonds. The van der Waals surface area contributed by atoms with E-state index in [4.69, 9.17) is 19.7 Å². The van der Waals surface area contributed by atoms with Crippen molar-refractivity contribution in [2.24, 2.45) is 0 Å². The number of hydrogen-bond acceptors (Lipinski definition) is 9. The van der Waals surface area contributed by atoms with Crippen LogP contribution in [-0.2, 0) is 18.6 Å². The average Bonchev–Trinajstić information content (AvgIpc) is 3.16. The number of rotatable bonds is 4. The fourth-order valence-electron chi connectivity index (χ4n) is 2.73. The van der Waals surface area contributed by atoms with Gasteiger partial charge in [0, 0.05) is 6.66 Å². The molecule has 2 aliphatic heterocycles. The maximum atomic E-state index is 11.7. The van der Waals surface area contributed by atoms with E-state index in [9.17, 15) is 14.6 Å². The van der Waals surface area contributed by atoms with Crippen LogP contribution in [0.5, 0.6) is 0 Å². The fraction of sp³-hybridized carbons (Fsp3) is 0.417. The molecule has 12 heteroatoms. The second-order valence-corrected chi connectivity index (χ2v) is 7.44. The molecule has 128 valence electrons. The number of aliphatic hydroxyl groups excluding tert-OH is 1. The van der Waals surface area contributed by atoms with Crippen LogP contribution < -0.4 is 5.73 Å². The van der Waals surface area contributed by atoms with E-state index in [0.717, 1.165) is 6.66 Å². The maximum Gasteiger partial charge on any atom is 0.325 e. The van der Waals surface area contributed by atoms with Crippen molar-refractivity contribution in [3.63, 3.8) is 0 Å². The van der Waals surface area contributed by atoms with E-state index < -0.39 is 25.9 Å².